The van der Waals surface area contributed by atoms with Crippen LogP contribution in [0.4, 0.5) is 4.79 Å². The molecule has 0 unspecified atom stereocenters. The van der Waals surface area contributed by atoms with Gasteiger partial charge in [0.1, 0.15) is 37.4 Å². The number of unbranched alkanes of at least 4 members (excludes halogenated alkanes) is 2. The number of benzene rings is 1. The van der Waals surface area contributed by atoms with Crippen LogP contribution in [0.2, 0.25) is 0 Å². The molecule has 3 aliphatic rings. The van der Waals surface area contributed by atoms with E-state index in [1.807, 2.05) is 19.1 Å². The summed E-state index contributed by atoms with van der Waals surface area (Å²) < 4.78 is 25.3. The molecule has 11 heteroatoms. The van der Waals surface area contributed by atoms with E-state index in [1.54, 1.807) is 19.2 Å². The lowest BCUT2D eigenvalue weighted by atomic mass is 9.55. The SMILES string of the molecule is C=CCOc1ccc2c(c1)[C@H]1[C@H](CCCCO)[C@@H](CCCCO)C=C3C(=NOCC)C[C@H](N(C)C(=O)OCCCl)[C@@](OCC=C)(O2)[C@H]31. The predicted octanol–water partition coefficient (Wildman–Crippen LogP) is 6.21. The Morgan fingerprint density at radius 1 is 1.15 bits per heavy atom. The van der Waals surface area contributed by atoms with E-state index < -0.39 is 17.9 Å². The third kappa shape index (κ3) is 8.16. The monoisotopic (exact) mass is 674 g/mol. The highest BCUT2D eigenvalue weighted by Crippen LogP contribution is 2.61. The Balaban J connectivity index is 1.99. The van der Waals surface area contributed by atoms with E-state index in [4.69, 9.17) is 35.4 Å². The van der Waals surface area contributed by atoms with Gasteiger partial charge >= 0.3 is 6.09 Å². The van der Waals surface area contributed by atoms with Crippen molar-refractivity contribution in [3.63, 3.8) is 0 Å². The summed E-state index contributed by atoms with van der Waals surface area (Å²) >= 11 is 5.87. The predicted molar refractivity (Wildman–Crippen MR) is 182 cm³/mol. The molecule has 1 heterocycles. The zero-order valence-corrected chi connectivity index (χ0v) is 28.5. The Kier molecular flexibility index (Phi) is 14.0. The molecule has 1 saturated carbocycles. The molecular weight excluding hydrogens is 624 g/mol. The van der Waals surface area contributed by atoms with Gasteiger partial charge in [0, 0.05) is 38.2 Å². The summed E-state index contributed by atoms with van der Waals surface area (Å²) in [5.41, 5.74) is 2.69. The molecule has 0 saturated heterocycles. The number of hydrogen-bond acceptors (Lipinski definition) is 9. The van der Waals surface area contributed by atoms with Gasteiger partial charge in [-0.05, 0) is 68.2 Å². The number of fused-ring (bicyclic) bond motifs is 2. The molecule has 260 valence electrons. The van der Waals surface area contributed by atoms with E-state index >= 15 is 0 Å². The van der Waals surface area contributed by atoms with Gasteiger partial charge in [0.25, 0.3) is 0 Å². The number of aliphatic hydroxyl groups excluding tert-OH is 2. The van der Waals surface area contributed by atoms with Crippen LogP contribution in [0, 0.1) is 17.8 Å². The number of rotatable bonds is 19. The highest BCUT2D eigenvalue weighted by Gasteiger charge is 2.65. The first-order valence-electron chi connectivity index (χ1n) is 16.8. The van der Waals surface area contributed by atoms with Gasteiger partial charge in [-0.25, -0.2) is 4.79 Å². The summed E-state index contributed by atoms with van der Waals surface area (Å²) in [5, 5.41) is 24.0. The molecule has 0 bridgehead atoms. The van der Waals surface area contributed by atoms with Crippen molar-refractivity contribution in [3.05, 3.63) is 60.7 Å². The molecule has 1 aromatic rings. The normalized spacial score (nSPS) is 26.7. The number of likely N-dealkylation sites (N-methyl/N-ethyl adjacent to an activating group) is 1. The van der Waals surface area contributed by atoms with Gasteiger partial charge in [0.05, 0.1) is 24.1 Å². The fourth-order valence-electron chi connectivity index (χ4n) is 7.47. The Labute approximate surface area is 284 Å². The van der Waals surface area contributed by atoms with Crippen molar-refractivity contribution in [3.8, 4) is 11.5 Å². The van der Waals surface area contributed by atoms with E-state index in [0.717, 1.165) is 42.5 Å². The lowest BCUT2D eigenvalue weighted by Crippen LogP contribution is -2.69. The number of carbonyl (C=O) groups is 1. The van der Waals surface area contributed by atoms with Gasteiger partial charge in [-0.2, -0.15) is 0 Å². The summed E-state index contributed by atoms with van der Waals surface area (Å²) in [6.07, 6.45) is 10.3. The van der Waals surface area contributed by atoms with Gasteiger partial charge in [0.2, 0.25) is 5.79 Å². The molecule has 1 aliphatic heterocycles. The average Bonchev–Trinajstić information content (AvgIpc) is 3.08. The largest absolute Gasteiger partial charge is 0.490 e. The van der Waals surface area contributed by atoms with Crippen LogP contribution in [0.3, 0.4) is 0 Å². The highest BCUT2D eigenvalue weighted by molar-refractivity contribution is 6.18. The zero-order valence-electron chi connectivity index (χ0n) is 27.8. The number of carbonyl (C=O) groups excluding carboxylic acids is 1. The number of halogens is 1. The number of amides is 1. The van der Waals surface area contributed by atoms with Gasteiger partial charge in [-0.1, -0.05) is 42.8 Å². The molecule has 0 aromatic heterocycles. The minimum Gasteiger partial charge on any atom is -0.490 e. The Bertz CT molecular complexity index is 1270. The van der Waals surface area contributed by atoms with Gasteiger partial charge in [-0.3, -0.25) is 0 Å². The standard InChI is InChI=1S/C36H51ClN2O8/c1-5-19-43-26-14-15-31-29(23-26)33-27(13-9-11-18-41)25(12-8-10-17-40)22-28-30(38-46-7-3)24-32(39(4)35(42)44-21-16-37)36(47-31,34(28)33)45-20-6-2/h5-6,14-15,22-23,25,27,32-34,40-41H,1-2,7-13,16-21,24H2,3-4H3/t25-,27+,32-,33+,34+,36+/m0/s1. The number of oxime groups is 1. The Morgan fingerprint density at radius 3 is 2.57 bits per heavy atom. The van der Waals surface area contributed by atoms with E-state index in [9.17, 15) is 15.0 Å². The molecule has 10 nitrogen and oxygen atoms in total. The summed E-state index contributed by atoms with van der Waals surface area (Å²) in [7, 11) is 1.69. The quantitative estimate of drug-likeness (QED) is 0.0770. The number of aliphatic hydroxyl groups is 2. The van der Waals surface area contributed by atoms with Crippen molar-refractivity contribution >= 4 is 23.4 Å². The van der Waals surface area contributed by atoms with Gasteiger partial charge in [0.15, 0.2) is 0 Å². The maximum absolute atomic E-state index is 13.4. The summed E-state index contributed by atoms with van der Waals surface area (Å²) in [6.45, 7) is 10.8. The van der Waals surface area contributed by atoms with Crippen LogP contribution >= 0.6 is 11.6 Å². The molecule has 1 aromatic carbocycles. The molecule has 4 rings (SSSR count). The smallest absolute Gasteiger partial charge is 0.410 e. The summed E-state index contributed by atoms with van der Waals surface area (Å²) in [6, 6.07) is 5.19. The second-order valence-corrected chi connectivity index (χ2v) is 12.6. The molecule has 2 aliphatic carbocycles. The highest BCUT2D eigenvalue weighted by atomic mass is 35.5. The van der Waals surface area contributed by atoms with Gasteiger partial charge in [-0.15, -0.1) is 18.2 Å². The fourth-order valence-corrected chi connectivity index (χ4v) is 7.55. The van der Waals surface area contributed by atoms with Crippen molar-refractivity contribution in [2.24, 2.45) is 22.9 Å². The maximum Gasteiger partial charge on any atom is 0.410 e. The molecule has 1 fully saturated rings. The zero-order chi connectivity index (χ0) is 33.8. The van der Waals surface area contributed by atoms with Crippen LogP contribution in [0.1, 0.15) is 63.4 Å². The second kappa shape index (κ2) is 17.9. The lowest BCUT2D eigenvalue weighted by molar-refractivity contribution is -0.253. The van der Waals surface area contributed by atoms with Crippen molar-refractivity contribution in [2.45, 2.75) is 69.6 Å². The van der Waals surface area contributed by atoms with E-state index in [0.29, 0.717) is 44.0 Å². The summed E-state index contributed by atoms with van der Waals surface area (Å²) in [4.78, 5) is 20.7. The number of nitrogens with zero attached hydrogens (tertiary/aromatic N) is 2. The first-order chi connectivity index (χ1) is 22.9. The third-order valence-electron chi connectivity index (χ3n) is 9.37. The first kappa shape index (κ1) is 36.8. The molecule has 1 amide bonds. The van der Waals surface area contributed by atoms with Gasteiger partial charge < -0.3 is 38.9 Å². The van der Waals surface area contributed by atoms with E-state index in [2.05, 4.69) is 30.5 Å². The minimum absolute atomic E-state index is 0.0642. The van der Waals surface area contributed by atoms with Crippen LogP contribution < -0.4 is 9.47 Å². The summed E-state index contributed by atoms with van der Waals surface area (Å²) in [5.74, 6) is -0.0514. The van der Waals surface area contributed by atoms with Crippen LogP contribution in [0.25, 0.3) is 0 Å². The Hall–Kier alpha value is -3.05. The van der Waals surface area contributed by atoms with Crippen LogP contribution in [-0.4, -0.2) is 91.3 Å². The molecule has 0 spiro atoms. The van der Waals surface area contributed by atoms with Crippen molar-refractivity contribution in [1.29, 1.82) is 0 Å². The number of alkyl halides is 1. The first-order valence-corrected chi connectivity index (χ1v) is 17.3. The third-order valence-corrected chi connectivity index (χ3v) is 9.53. The van der Waals surface area contributed by atoms with Crippen molar-refractivity contribution in [2.75, 3.05) is 52.6 Å². The van der Waals surface area contributed by atoms with Crippen molar-refractivity contribution in [1.82, 2.24) is 4.90 Å². The van der Waals surface area contributed by atoms with Crippen molar-refractivity contribution < 1.29 is 38.8 Å². The number of allylic oxidation sites excluding steroid dienone is 1. The average molecular weight is 675 g/mol. The van der Waals surface area contributed by atoms with E-state index in [-0.39, 0.29) is 56.0 Å². The molecule has 6 atom stereocenters. The maximum atomic E-state index is 13.4. The molecule has 2 N–H and O–H groups in total. The Morgan fingerprint density at radius 2 is 1.89 bits per heavy atom. The topological polar surface area (TPSA) is 119 Å². The second-order valence-electron chi connectivity index (χ2n) is 12.2. The lowest BCUT2D eigenvalue weighted by Gasteiger charge is -2.59. The number of hydrogen-bond donors (Lipinski definition) is 2. The molecular formula is C36H51ClN2O8. The van der Waals surface area contributed by atoms with Crippen LogP contribution in [0.5, 0.6) is 11.5 Å². The van der Waals surface area contributed by atoms with E-state index in [1.165, 1.54) is 4.90 Å². The molecule has 47 heavy (non-hydrogen) atoms. The minimum atomic E-state index is -1.33. The van der Waals surface area contributed by atoms with Crippen LogP contribution in [-0.2, 0) is 14.3 Å². The fraction of sp³-hybridized carbons (Fsp3) is 0.611. The van der Waals surface area contributed by atoms with Crippen LogP contribution in [0.15, 0.2) is 60.3 Å². The molecule has 0 radical (unpaired) electrons. The number of ether oxygens (including phenoxy) is 4.